The number of fused-ring (bicyclic) bond motifs is 10. The fourth-order valence-electron chi connectivity index (χ4n) is 8.48. The van der Waals surface area contributed by atoms with Gasteiger partial charge in [0.2, 0.25) is 0 Å². The van der Waals surface area contributed by atoms with Gasteiger partial charge in [-0.3, -0.25) is 0 Å². The van der Waals surface area contributed by atoms with Gasteiger partial charge in [0.25, 0.3) is 0 Å². The summed E-state index contributed by atoms with van der Waals surface area (Å²) in [5, 5.41) is 7.60. The molecule has 11 rings (SSSR count). The Hall–Kier alpha value is -6.84. The molecule has 0 aliphatic rings. The predicted octanol–water partition coefficient (Wildman–Crippen LogP) is 12.6. The zero-order chi connectivity index (χ0) is 33.5. The summed E-state index contributed by atoms with van der Waals surface area (Å²) < 4.78 is 7.24. The number of para-hydroxylation sites is 5. The van der Waals surface area contributed by atoms with Crippen molar-refractivity contribution in [1.29, 1.82) is 0 Å². The molecule has 8 aromatic carbocycles. The first-order valence-electron chi connectivity index (χ1n) is 17.5. The Kier molecular flexibility index (Phi) is 5.96. The van der Waals surface area contributed by atoms with Crippen molar-refractivity contribution in [3.63, 3.8) is 0 Å². The first-order valence-corrected chi connectivity index (χ1v) is 17.5. The summed E-state index contributed by atoms with van der Waals surface area (Å²) >= 11 is 0. The maximum Gasteiger partial charge on any atom is 0.0548 e. The van der Waals surface area contributed by atoms with E-state index in [0.29, 0.717) is 0 Å². The van der Waals surface area contributed by atoms with E-state index in [4.69, 9.17) is 0 Å². The highest BCUT2D eigenvalue weighted by molar-refractivity contribution is 6.29. The first-order chi connectivity index (χ1) is 25.3. The van der Waals surface area contributed by atoms with Crippen molar-refractivity contribution in [2.24, 2.45) is 0 Å². The van der Waals surface area contributed by atoms with Crippen LogP contribution in [0.2, 0.25) is 0 Å². The largest absolute Gasteiger partial charge is 0.309 e. The van der Waals surface area contributed by atoms with Gasteiger partial charge in [-0.2, -0.15) is 0 Å². The monoisotopic (exact) mass is 649 g/mol. The number of benzene rings is 8. The standard InChI is InChI=1S/C48H31N3/c1-3-15-34(16-4-1)49-43-25-12-9-22-39(43)47-45(49)28-29-46-48(47)40-31-33(26-27-44(40)50(46)35-17-5-2-6-18-35)32-14-13-19-36(30-32)51-41-23-10-7-20-37(41)38-21-8-11-24-42(38)51/h1-31H. The minimum absolute atomic E-state index is 1.16. The summed E-state index contributed by atoms with van der Waals surface area (Å²) in [4.78, 5) is 0. The van der Waals surface area contributed by atoms with Gasteiger partial charge in [-0.05, 0) is 90.0 Å². The van der Waals surface area contributed by atoms with Crippen molar-refractivity contribution >= 4 is 65.4 Å². The molecule has 0 atom stereocenters. The van der Waals surface area contributed by atoms with E-state index in [2.05, 4.69) is 202 Å². The van der Waals surface area contributed by atoms with Gasteiger partial charge in [-0.25, -0.2) is 0 Å². The Labute approximate surface area is 294 Å². The van der Waals surface area contributed by atoms with Gasteiger partial charge in [0.1, 0.15) is 0 Å². The molecule has 51 heavy (non-hydrogen) atoms. The smallest absolute Gasteiger partial charge is 0.0548 e. The van der Waals surface area contributed by atoms with Crippen LogP contribution in [0.3, 0.4) is 0 Å². The minimum Gasteiger partial charge on any atom is -0.309 e. The summed E-state index contributed by atoms with van der Waals surface area (Å²) in [5.74, 6) is 0. The number of nitrogens with zero attached hydrogens (tertiary/aromatic N) is 3. The molecular formula is C48H31N3. The topological polar surface area (TPSA) is 14.8 Å². The quantitative estimate of drug-likeness (QED) is 0.180. The third-order valence-electron chi connectivity index (χ3n) is 10.6. The van der Waals surface area contributed by atoms with Crippen molar-refractivity contribution in [3.05, 3.63) is 188 Å². The van der Waals surface area contributed by atoms with Crippen molar-refractivity contribution in [2.45, 2.75) is 0 Å². The van der Waals surface area contributed by atoms with Crippen LogP contribution in [0, 0.1) is 0 Å². The van der Waals surface area contributed by atoms with E-state index in [-0.39, 0.29) is 0 Å². The maximum atomic E-state index is 2.43. The van der Waals surface area contributed by atoms with E-state index in [1.165, 1.54) is 76.5 Å². The van der Waals surface area contributed by atoms with Crippen LogP contribution in [0.4, 0.5) is 0 Å². The van der Waals surface area contributed by atoms with Gasteiger partial charge in [0.05, 0.1) is 33.1 Å². The number of rotatable bonds is 4. The van der Waals surface area contributed by atoms with Gasteiger partial charge < -0.3 is 13.7 Å². The van der Waals surface area contributed by atoms with Crippen LogP contribution in [0.25, 0.3) is 93.6 Å². The van der Waals surface area contributed by atoms with Gasteiger partial charge in [0, 0.05) is 49.4 Å². The molecular weight excluding hydrogens is 619 g/mol. The summed E-state index contributed by atoms with van der Waals surface area (Å²) in [6.45, 7) is 0. The van der Waals surface area contributed by atoms with Crippen LogP contribution in [-0.4, -0.2) is 13.7 Å². The number of hydrogen-bond donors (Lipinski definition) is 0. The molecule has 3 heteroatoms. The molecule has 0 fully saturated rings. The molecule has 3 heterocycles. The molecule has 0 radical (unpaired) electrons. The second kappa shape index (κ2) is 10.8. The molecule has 0 bridgehead atoms. The molecule has 0 unspecified atom stereocenters. The highest BCUT2D eigenvalue weighted by Gasteiger charge is 2.21. The minimum atomic E-state index is 1.16. The number of aromatic nitrogens is 3. The second-order valence-electron chi connectivity index (χ2n) is 13.4. The Bertz CT molecular complexity index is 3070. The summed E-state index contributed by atoms with van der Waals surface area (Å²) in [5.41, 5.74) is 13.1. The molecule has 0 spiro atoms. The molecule has 11 aromatic rings. The van der Waals surface area contributed by atoms with Crippen LogP contribution in [0.5, 0.6) is 0 Å². The summed E-state index contributed by atoms with van der Waals surface area (Å²) in [7, 11) is 0. The van der Waals surface area contributed by atoms with E-state index in [9.17, 15) is 0 Å². The Morgan fingerprint density at radius 2 is 0.647 bits per heavy atom. The Morgan fingerprint density at radius 3 is 1.25 bits per heavy atom. The highest BCUT2D eigenvalue weighted by Crippen LogP contribution is 2.43. The second-order valence-corrected chi connectivity index (χ2v) is 13.4. The third-order valence-corrected chi connectivity index (χ3v) is 10.6. The predicted molar refractivity (Wildman–Crippen MR) is 215 cm³/mol. The van der Waals surface area contributed by atoms with Crippen molar-refractivity contribution in [3.8, 4) is 28.2 Å². The Morgan fingerprint density at radius 1 is 0.235 bits per heavy atom. The van der Waals surface area contributed by atoms with Gasteiger partial charge in [-0.15, -0.1) is 0 Å². The lowest BCUT2D eigenvalue weighted by atomic mass is 10.00. The van der Waals surface area contributed by atoms with Gasteiger partial charge in [0.15, 0.2) is 0 Å². The normalized spacial score (nSPS) is 11.9. The van der Waals surface area contributed by atoms with Crippen LogP contribution >= 0.6 is 0 Å². The van der Waals surface area contributed by atoms with Crippen LogP contribution in [-0.2, 0) is 0 Å². The zero-order valence-electron chi connectivity index (χ0n) is 27.7. The molecule has 238 valence electrons. The molecule has 0 aliphatic carbocycles. The number of hydrogen-bond acceptors (Lipinski definition) is 0. The van der Waals surface area contributed by atoms with E-state index in [1.54, 1.807) is 0 Å². The fourth-order valence-corrected chi connectivity index (χ4v) is 8.48. The molecule has 3 aromatic heterocycles. The molecule has 3 nitrogen and oxygen atoms in total. The average molecular weight is 650 g/mol. The lowest BCUT2D eigenvalue weighted by Gasteiger charge is -2.11. The van der Waals surface area contributed by atoms with Crippen LogP contribution in [0.15, 0.2) is 188 Å². The lowest BCUT2D eigenvalue weighted by molar-refractivity contribution is 1.17. The van der Waals surface area contributed by atoms with Crippen LogP contribution in [0.1, 0.15) is 0 Å². The van der Waals surface area contributed by atoms with E-state index >= 15 is 0 Å². The molecule has 0 amide bonds. The fraction of sp³-hybridized carbons (Fsp3) is 0. The van der Waals surface area contributed by atoms with Crippen molar-refractivity contribution < 1.29 is 0 Å². The van der Waals surface area contributed by atoms with Crippen LogP contribution < -0.4 is 0 Å². The van der Waals surface area contributed by atoms with Crippen molar-refractivity contribution in [1.82, 2.24) is 13.7 Å². The van der Waals surface area contributed by atoms with Gasteiger partial charge >= 0.3 is 0 Å². The Balaban J connectivity index is 1.21. The summed E-state index contributed by atoms with van der Waals surface area (Å²) in [6, 6.07) is 68.4. The molecule has 0 aliphatic heterocycles. The van der Waals surface area contributed by atoms with E-state index < -0.39 is 0 Å². The third kappa shape index (κ3) is 4.06. The highest BCUT2D eigenvalue weighted by atomic mass is 15.0. The maximum absolute atomic E-state index is 2.43. The zero-order valence-corrected chi connectivity index (χ0v) is 27.7. The van der Waals surface area contributed by atoms with Crippen molar-refractivity contribution in [2.75, 3.05) is 0 Å². The van der Waals surface area contributed by atoms with Gasteiger partial charge in [-0.1, -0.05) is 109 Å². The van der Waals surface area contributed by atoms with E-state index in [1.807, 2.05) is 0 Å². The molecule has 0 saturated heterocycles. The van der Waals surface area contributed by atoms with E-state index in [0.717, 1.165) is 17.1 Å². The average Bonchev–Trinajstić information content (AvgIpc) is 3.84. The summed E-state index contributed by atoms with van der Waals surface area (Å²) in [6.07, 6.45) is 0. The lowest BCUT2D eigenvalue weighted by Crippen LogP contribution is -1.94. The molecule has 0 N–H and O–H groups in total. The SMILES string of the molecule is c1ccc(-n2c3ccccc3c3c4c5cc(-c6cccc(-n7c8ccccc8c8ccccc87)c6)ccc5n(-c5ccccc5)c4ccc32)cc1. The first kappa shape index (κ1) is 28.0. The molecule has 0 saturated carbocycles.